The third-order valence-electron chi connectivity index (χ3n) is 5.56. The summed E-state index contributed by atoms with van der Waals surface area (Å²) in [5.74, 6) is 0.918. The molecule has 1 saturated carbocycles. The fraction of sp³-hybridized carbons (Fsp3) is 0.429. The summed E-state index contributed by atoms with van der Waals surface area (Å²) in [6.07, 6.45) is 12.2. The molecule has 0 bridgehead atoms. The Morgan fingerprint density at radius 3 is 2.93 bits per heavy atom. The first-order valence-electron chi connectivity index (χ1n) is 10.1. The summed E-state index contributed by atoms with van der Waals surface area (Å²) in [5, 5.41) is 16.6. The Morgan fingerprint density at radius 1 is 1.17 bits per heavy atom. The van der Waals surface area contributed by atoms with Gasteiger partial charge < -0.3 is 15.2 Å². The number of aliphatic hydroxyl groups is 1. The number of allylic oxidation sites excluding steroid dienone is 2. The Balaban J connectivity index is 1.24. The minimum atomic E-state index is 0.0908. The number of aliphatic imine (C=N–C) groups is 2. The van der Waals surface area contributed by atoms with Gasteiger partial charge in [0.15, 0.2) is 5.65 Å². The molecule has 4 heterocycles. The third kappa shape index (κ3) is 3.86. The van der Waals surface area contributed by atoms with Crippen LogP contribution in [0.1, 0.15) is 31.4 Å². The topological polar surface area (TPSA) is 96.4 Å². The molecule has 0 unspecified atom stereocenters. The van der Waals surface area contributed by atoms with Gasteiger partial charge in [-0.2, -0.15) is 5.10 Å². The molecule has 1 fully saturated rings. The number of aliphatic hydroxyl groups excluding tert-OH is 1. The summed E-state index contributed by atoms with van der Waals surface area (Å²) in [4.78, 5) is 14.0. The van der Waals surface area contributed by atoms with Crippen LogP contribution in [0, 0.1) is 0 Å². The van der Waals surface area contributed by atoms with Crippen LogP contribution < -0.4 is 5.32 Å². The number of ether oxygens (including phenoxy) is 1. The first-order valence-corrected chi connectivity index (χ1v) is 10.1. The van der Waals surface area contributed by atoms with Crippen LogP contribution >= 0.6 is 0 Å². The molecule has 8 heteroatoms. The van der Waals surface area contributed by atoms with Crippen LogP contribution in [0.15, 0.2) is 58.1 Å². The summed E-state index contributed by atoms with van der Waals surface area (Å²) in [6, 6.07) is 4.23. The summed E-state index contributed by atoms with van der Waals surface area (Å²) in [7, 11) is 0. The van der Waals surface area contributed by atoms with E-state index in [1.165, 1.54) is 0 Å². The number of hydrogen-bond acceptors (Lipinski definition) is 7. The van der Waals surface area contributed by atoms with Crippen molar-refractivity contribution in [1.82, 2.24) is 19.9 Å². The molecule has 0 spiro atoms. The number of aromatic nitrogens is 3. The lowest BCUT2D eigenvalue weighted by molar-refractivity contribution is 0.00468. The maximum atomic E-state index is 8.89. The molecular formula is C21H24N6O2. The summed E-state index contributed by atoms with van der Waals surface area (Å²) in [6.45, 7) is 1.09. The van der Waals surface area contributed by atoms with E-state index in [1.54, 1.807) is 10.7 Å². The first kappa shape index (κ1) is 18.2. The van der Waals surface area contributed by atoms with Crippen molar-refractivity contribution in [2.75, 3.05) is 19.8 Å². The van der Waals surface area contributed by atoms with Crippen molar-refractivity contribution in [2.45, 2.75) is 37.8 Å². The van der Waals surface area contributed by atoms with Gasteiger partial charge >= 0.3 is 0 Å². The highest BCUT2D eigenvalue weighted by Gasteiger charge is 2.25. The number of rotatable bonds is 6. The molecule has 0 atom stereocenters. The predicted molar refractivity (Wildman–Crippen MR) is 110 cm³/mol. The minimum absolute atomic E-state index is 0.0908. The monoisotopic (exact) mass is 392 g/mol. The van der Waals surface area contributed by atoms with Crippen LogP contribution in [0.25, 0.3) is 5.65 Å². The smallest absolute Gasteiger partial charge is 0.155 e. The Kier molecular flexibility index (Phi) is 4.95. The zero-order valence-corrected chi connectivity index (χ0v) is 16.2. The molecule has 5 rings (SSSR count). The van der Waals surface area contributed by atoms with E-state index in [4.69, 9.17) is 14.8 Å². The summed E-state index contributed by atoms with van der Waals surface area (Å²) >= 11 is 0. The van der Waals surface area contributed by atoms with E-state index < -0.39 is 0 Å². The normalized spacial score (nSPS) is 23.9. The van der Waals surface area contributed by atoms with Gasteiger partial charge in [-0.1, -0.05) is 0 Å². The van der Waals surface area contributed by atoms with E-state index >= 15 is 0 Å². The van der Waals surface area contributed by atoms with Gasteiger partial charge in [-0.3, -0.25) is 4.99 Å². The van der Waals surface area contributed by atoms with E-state index in [1.807, 2.05) is 18.3 Å². The highest BCUT2D eigenvalue weighted by Crippen LogP contribution is 2.25. The van der Waals surface area contributed by atoms with E-state index in [0.29, 0.717) is 19.2 Å². The number of nitrogens with zero attached hydrogens (tertiary/aromatic N) is 5. The first-order chi connectivity index (χ1) is 14.3. The van der Waals surface area contributed by atoms with Crippen LogP contribution in [0.5, 0.6) is 0 Å². The molecule has 2 N–H and O–H groups in total. The number of hydrogen-bond donors (Lipinski definition) is 2. The molecule has 1 aliphatic carbocycles. The molecule has 0 amide bonds. The van der Waals surface area contributed by atoms with E-state index in [9.17, 15) is 0 Å². The van der Waals surface area contributed by atoms with Gasteiger partial charge in [0.05, 0.1) is 49.2 Å². The predicted octanol–water partition coefficient (Wildman–Crippen LogP) is 1.66. The average Bonchev–Trinajstić information content (AvgIpc) is 3.38. The maximum Gasteiger partial charge on any atom is 0.155 e. The van der Waals surface area contributed by atoms with Gasteiger partial charge in [0.2, 0.25) is 0 Å². The van der Waals surface area contributed by atoms with E-state index in [2.05, 4.69) is 32.5 Å². The van der Waals surface area contributed by atoms with E-state index in [0.717, 1.165) is 59.8 Å². The summed E-state index contributed by atoms with van der Waals surface area (Å²) < 4.78 is 7.39. The quantitative estimate of drug-likeness (QED) is 0.779. The van der Waals surface area contributed by atoms with Crippen molar-refractivity contribution >= 4 is 17.1 Å². The number of dihydropyridines is 1. The van der Waals surface area contributed by atoms with Crippen molar-refractivity contribution in [1.29, 1.82) is 0 Å². The Bertz CT molecular complexity index is 1030. The molecular weight excluding hydrogens is 368 g/mol. The van der Waals surface area contributed by atoms with Crippen LogP contribution in [-0.4, -0.2) is 63.0 Å². The number of fused-ring (bicyclic) bond motifs is 2. The van der Waals surface area contributed by atoms with Gasteiger partial charge in [0, 0.05) is 23.9 Å². The lowest BCUT2D eigenvalue weighted by Crippen LogP contribution is -2.34. The molecule has 2 aliphatic heterocycles. The third-order valence-corrected chi connectivity index (χ3v) is 5.56. The van der Waals surface area contributed by atoms with Crippen molar-refractivity contribution in [3.63, 3.8) is 0 Å². The lowest BCUT2D eigenvalue weighted by Gasteiger charge is -2.29. The standard InChI is InChI=1S/C21H24N6O2/c28-9-10-29-16-3-1-15(2-4-16)24-20-12-14-11-18(22-13-19(14)25-20)17-6-8-27-21(26-17)5-7-23-27/h5-8,11-12,15-16,24,28H,1-4,9-10,13H2/t15-,16-. The van der Waals surface area contributed by atoms with E-state index in [-0.39, 0.29) is 12.7 Å². The van der Waals surface area contributed by atoms with Crippen molar-refractivity contribution in [3.05, 3.63) is 53.8 Å². The van der Waals surface area contributed by atoms with Crippen LogP contribution in [0.4, 0.5) is 0 Å². The molecule has 0 saturated heterocycles. The van der Waals surface area contributed by atoms with Crippen molar-refractivity contribution < 1.29 is 9.84 Å². The molecule has 29 heavy (non-hydrogen) atoms. The van der Waals surface area contributed by atoms with Crippen molar-refractivity contribution in [3.8, 4) is 0 Å². The highest BCUT2D eigenvalue weighted by molar-refractivity contribution is 6.19. The Morgan fingerprint density at radius 2 is 2.07 bits per heavy atom. The molecule has 8 nitrogen and oxygen atoms in total. The largest absolute Gasteiger partial charge is 0.394 e. The molecule has 3 aliphatic rings. The average molecular weight is 392 g/mol. The molecule has 0 radical (unpaired) electrons. The minimum Gasteiger partial charge on any atom is -0.394 e. The fourth-order valence-corrected chi connectivity index (χ4v) is 4.06. The van der Waals surface area contributed by atoms with Crippen LogP contribution in [0.2, 0.25) is 0 Å². The molecule has 0 aromatic carbocycles. The second-order valence-electron chi connectivity index (χ2n) is 7.55. The number of nitrogens with one attached hydrogen (secondary N) is 1. The van der Waals surface area contributed by atoms with Gasteiger partial charge in [-0.05, 0) is 43.9 Å². The van der Waals surface area contributed by atoms with Gasteiger partial charge in [0.25, 0.3) is 0 Å². The molecule has 2 aromatic heterocycles. The van der Waals surface area contributed by atoms with Crippen LogP contribution in [0.3, 0.4) is 0 Å². The van der Waals surface area contributed by atoms with Crippen molar-refractivity contribution in [2.24, 2.45) is 9.98 Å². The van der Waals surface area contributed by atoms with Gasteiger partial charge in [-0.25, -0.2) is 14.5 Å². The second-order valence-corrected chi connectivity index (χ2v) is 7.55. The zero-order chi connectivity index (χ0) is 19.6. The van der Waals surface area contributed by atoms with Crippen LogP contribution in [-0.2, 0) is 4.74 Å². The molecule has 2 aromatic rings. The maximum absolute atomic E-state index is 8.89. The second kappa shape index (κ2) is 7.88. The summed E-state index contributed by atoms with van der Waals surface area (Å²) in [5.41, 5.74) is 4.64. The zero-order valence-electron chi connectivity index (χ0n) is 16.2. The fourth-order valence-electron chi connectivity index (χ4n) is 4.06. The Labute approximate surface area is 168 Å². The molecule has 150 valence electrons. The lowest BCUT2D eigenvalue weighted by atomic mass is 9.93. The Hall–Kier alpha value is -2.84. The van der Waals surface area contributed by atoms with Gasteiger partial charge in [0.1, 0.15) is 5.82 Å². The highest BCUT2D eigenvalue weighted by atomic mass is 16.5. The van der Waals surface area contributed by atoms with Gasteiger partial charge in [-0.15, -0.1) is 0 Å². The SMILES string of the molecule is OCCO[C@H]1CC[C@H](NC2=CC3=CC(c4ccn5nccc5n4)=NCC3=N2)CC1.